The van der Waals surface area contributed by atoms with E-state index < -0.39 is 0 Å². The lowest BCUT2D eigenvalue weighted by atomic mass is 9.75. The molecule has 246 valence electrons. The van der Waals surface area contributed by atoms with Crippen LogP contribution in [0.2, 0.25) is 0 Å². The molecule has 0 heterocycles. The van der Waals surface area contributed by atoms with Crippen molar-refractivity contribution in [2.24, 2.45) is 0 Å². The minimum Gasteiger partial charge on any atom is -0.508 e. The number of rotatable bonds is 8. The van der Waals surface area contributed by atoms with Gasteiger partial charge in [-0.25, -0.2) is 0 Å². The standard InChI is InChI=1S/C45H42O4/c46-38-20-16-30(17-21-38)24-36-26-34(28-42(44(36)48)32-10-4-1-5-11-32)40-14-8-3-9-15-41(40)35-27-37(25-31-18-22-39(47)23-19-31)45(49)43(29-35)33-12-6-2-7-13-33/h1-2,4-7,10-13,16-23,26-29,40-41,46-49H,3,8-9,14-15,24-25H2. The number of phenols is 4. The Bertz CT molecular complexity index is 1870. The lowest BCUT2D eigenvalue weighted by Gasteiger charge is -2.29. The first-order chi connectivity index (χ1) is 23.9. The van der Waals surface area contributed by atoms with Crippen LogP contribution in [0.25, 0.3) is 22.3 Å². The van der Waals surface area contributed by atoms with Gasteiger partial charge in [0.25, 0.3) is 0 Å². The summed E-state index contributed by atoms with van der Waals surface area (Å²) in [5, 5.41) is 43.2. The highest BCUT2D eigenvalue weighted by Gasteiger charge is 2.30. The molecule has 0 saturated heterocycles. The van der Waals surface area contributed by atoms with Crippen molar-refractivity contribution in [1.82, 2.24) is 0 Å². The van der Waals surface area contributed by atoms with Crippen LogP contribution < -0.4 is 0 Å². The van der Waals surface area contributed by atoms with E-state index in [2.05, 4.69) is 48.5 Å². The number of hydrogen-bond acceptors (Lipinski definition) is 4. The molecule has 0 bridgehead atoms. The van der Waals surface area contributed by atoms with Crippen molar-refractivity contribution in [3.63, 3.8) is 0 Å². The average Bonchev–Trinajstić information content (AvgIpc) is 3.39. The van der Waals surface area contributed by atoms with Crippen LogP contribution in [0.3, 0.4) is 0 Å². The Balaban J connectivity index is 1.36. The topological polar surface area (TPSA) is 80.9 Å². The lowest BCUT2D eigenvalue weighted by molar-refractivity contribution is 0.466. The van der Waals surface area contributed by atoms with Gasteiger partial charge in [-0.15, -0.1) is 0 Å². The fourth-order valence-corrected chi connectivity index (χ4v) is 7.58. The second kappa shape index (κ2) is 14.3. The highest BCUT2D eigenvalue weighted by molar-refractivity contribution is 5.75. The van der Waals surface area contributed by atoms with Crippen LogP contribution in [0.4, 0.5) is 0 Å². The van der Waals surface area contributed by atoms with Gasteiger partial charge in [-0.2, -0.15) is 0 Å². The summed E-state index contributed by atoms with van der Waals surface area (Å²) in [5.41, 5.74) is 9.83. The molecule has 4 heteroatoms. The SMILES string of the molecule is Oc1ccc(Cc2cc(C3CCCCCC3c3cc(Cc4ccc(O)cc4)c(O)c(-c4ccccc4)c3)cc(-c3ccccc3)c2O)cc1. The molecule has 0 amide bonds. The second-order valence-electron chi connectivity index (χ2n) is 13.4. The van der Waals surface area contributed by atoms with Gasteiger partial charge in [0.2, 0.25) is 0 Å². The van der Waals surface area contributed by atoms with E-state index in [1.54, 1.807) is 24.3 Å². The maximum atomic E-state index is 11.7. The molecule has 2 unspecified atom stereocenters. The normalized spacial score (nSPS) is 16.2. The average molecular weight is 647 g/mol. The number of benzene rings is 6. The number of hydrogen-bond donors (Lipinski definition) is 4. The van der Waals surface area contributed by atoms with Crippen LogP contribution in [-0.2, 0) is 12.8 Å². The predicted octanol–water partition coefficient (Wildman–Crippen LogP) is 10.9. The summed E-state index contributed by atoms with van der Waals surface area (Å²) in [4.78, 5) is 0. The molecule has 0 radical (unpaired) electrons. The van der Waals surface area contributed by atoms with Crippen LogP contribution in [0.5, 0.6) is 23.0 Å². The smallest absolute Gasteiger partial charge is 0.126 e. The van der Waals surface area contributed by atoms with Crippen molar-refractivity contribution in [2.45, 2.75) is 56.8 Å². The van der Waals surface area contributed by atoms with Gasteiger partial charge in [0.15, 0.2) is 0 Å². The Kier molecular flexibility index (Phi) is 9.38. The van der Waals surface area contributed by atoms with Gasteiger partial charge < -0.3 is 20.4 Å². The first kappa shape index (κ1) is 32.1. The van der Waals surface area contributed by atoms with Crippen LogP contribution in [-0.4, -0.2) is 20.4 Å². The Hall–Kier alpha value is -5.48. The third-order valence-electron chi connectivity index (χ3n) is 10.1. The van der Waals surface area contributed by atoms with Crippen molar-refractivity contribution in [3.05, 3.63) is 167 Å². The summed E-state index contributed by atoms with van der Waals surface area (Å²) in [6.45, 7) is 0. The quantitative estimate of drug-likeness (QED) is 0.124. The second-order valence-corrected chi connectivity index (χ2v) is 13.4. The van der Waals surface area contributed by atoms with Gasteiger partial charge in [0.05, 0.1) is 0 Å². The Morgan fingerprint density at radius 3 is 1.20 bits per heavy atom. The van der Waals surface area contributed by atoms with Gasteiger partial charge in [-0.1, -0.05) is 116 Å². The summed E-state index contributed by atoms with van der Waals surface area (Å²) in [5.74, 6) is 1.45. The molecule has 0 aromatic heterocycles. The molecule has 49 heavy (non-hydrogen) atoms. The van der Waals surface area contributed by atoms with Crippen molar-refractivity contribution in [3.8, 4) is 45.3 Å². The maximum Gasteiger partial charge on any atom is 0.126 e. The van der Waals surface area contributed by atoms with Crippen LogP contribution in [0.1, 0.15) is 77.3 Å². The maximum absolute atomic E-state index is 11.7. The highest BCUT2D eigenvalue weighted by atomic mass is 16.3. The molecule has 0 aliphatic heterocycles. The van der Waals surface area contributed by atoms with E-state index in [1.165, 1.54) is 17.5 Å². The Morgan fingerprint density at radius 1 is 0.429 bits per heavy atom. The van der Waals surface area contributed by atoms with Crippen molar-refractivity contribution in [1.29, 1.82) is 0 Å². The molecule has 6 aromatic carbocycles. The fraction of sp³-hybridized carbons (Fsp3) is 0.200. The fourth-order valence-electron chi connectivity index (χ4n) is 7.58. The molecule has 1 aliphatic rings. The molecule has 1 aliphatic carbocycles. The van der Waals surface area contributed by atoms with E-state index >= 15 is 0 Å². The van der Waals surface area contributed by atoms with Gasteiger partial charge in [0.1, 0.15) is 23.0 Å². The van der Waals surface area contributed by atoms with Crippen LogP contribution in [0, 0.1) is 0 Å². The van der Waals surface area contributed by atoms with Crippen LogP contribution in [0.15, 0.2) is 133 Å². The largest absolute Gasteiger partial charge is 0.508 e. The number of aromatic hydroxyl groups is 4. The highest BCUT2D eigenvalue weighted by Crippen LogP contribution is 2.48. The molecule has 4 nitrogen and oxygen atoms in total. The summed E-state index contributed by atoms with van der Waals surface area (Å²) in [7, 11) is 0. The van der Waals surface area contributed by atoms with E-state index in [0.29, 0.717) is 24.3 Å². The van der Waals surface area contributed by atoms with E-state index in [0.717, 1.165) is 70.2 Å². The zero-order valence-corrected chi connectivity index (χ0v) is 27.6. The number of phenolic OH excluding ortho intramolecular Hbond substituents is 4. The summed E-state index contributed by atoms with van der Waals surface area (Å²) >= 11 is 0. The molecule has 1 saturated carbocycles. The Labute approximate surface area is 288 Å². The molecule has 6 aromatic rings. The van der Waals surface area contributed by atoms with Crippen molar-refractivity contribution < 1.29 is 20.4 Å². The minimum atomic E-state index is 0.207. The Morgan fingerprint density at radius 2 is 0.816 bits per heavy atom. The molecular weight excluding hydrogens is 604 g/mol. The summed E-state index contributed by atoms with van der Waals surface area (Å²) in [6, 6.07) is 43.4. The van der Waals surface area contributed by atoms with E-state index in [1.807, 2.05) is 60.7 Å². The third-order valence-corrected chi connectivity index (χ3v) is 10.1. The van der Waals surface area contributed by atoms with E-state index in [-0.39, 0.29) is 23.3 Å². The minimum absolute atomic E-state index is 0.207. The predicted molar refractivity (Wildman–Crippen MR) is 197 cm³/mol. The van der Waals surface area contributed by atoms with Crippen molar-refractivity contribution in [2.75, 3.05) is 0 Å². The van der Waals surface area contributed by atoms with Crippen LogP contribution >= 0.6 is 0 Å². The summed E-state index contributed by atoms with van der Waals surface area (Å²) in [6.07, 6.45) is 6.56. The molecule has 2 atom stereocenters. The van der Waals surface area contributed by atoms with E-state index in [4.69, 9.17) is 0 Å². The summed E-state index contributed by atoms with van der Waals surface area (Å²) < 4.78 is 0. The molecule has 4 N–H and O–H groups in total. The molecule has 7 rings (SSSR count). The van der Waals surface area contributed by atoms with Gasteiger partial charge in [-0.3, -0.25) is 0 Å². The third kappa shape index (κ3) is 7.19. The van der Waals surface area contributed by atoms with Gasteiger partial charge >= 0.3 is 0 Å². The zero-order chi connectivity index (χ0) is 33.7. The van der Waals surface area contributed by atoms with Gasteiger partial charge in [-0.05, 0) is 106 Å². The first-order valence-corrected chi connectivity index (χ1v) is 17.3. The molecule has 0 spiro atoms. The van der Waals surface area contributed by atoms with Gasteiger partial charge in [0, 0.05) is 24.0 Å². The van der Waals surface area contributed by atoms with Crippen molar-refractivity contribution >= 4 is 0 Å². The van der Waals surface area contributed by atoms with E-state index in [9.17, 15) is 20.4 Å². The molecular formula is C45H42O4. The monoisotopic (exact) mass is 646 g/mol. The lowest BCUT2D eigenvalue weighted by Crippen LogP contribution is -2.12. The first-order valence-electron chi connectivity index (χ1n) is 17.3. The zero-order valence-electron chi connectivity index (χ0n) is 27.6. The molecule has 1 fully saturated rings.